The lowest BCUT2D eigenvalue weighted by molar-refractivity contribution is -0.168. The minimum absolute atomic E-state index is 0.0147. The summed E-state index contributed by atoms with van der Waals surface area (Å²) in [5.41, 5.74) is 1.73. The van der Waals surface area contributed by atoms with Crippen molar-refractivity contribution in [1.29, 1.82) is 0 Å². The van der Waals surface area contributed by atoms with Gasteiger partial charge in [-0.15, -0.1) is 0 Å². The lowest BCUT2D eigenvalue weighted by Crippen LogP contribution is -2.46. The molecule has 0 N–H and O–H groups in total. The Morgan fingerprint density at radius 3 is 2.79 bits per heavy atom. The molecule has 0 radical (unpaired) electrons. The summed E-state index contributed by atoms with van der Waals surface area (Å²) in [6, 6.07) is 2.54. The highest BCUT2D eigenvalue weighted by Gasteiger charge is 2.52. The second-order valence-corrected chi connectivity index (χ2v) is 10.5. The summed E-state index contributed by atoms with van der Waals surface area (Å²) in [5, 5.41) is 4.47. The predicted octanol–water partition coefficient (Wildman–Crippen LogP) is 4.46. The number of hydrogen-bond donors (Lipinski definition) is 0. The molecule has 2 saturated carbocycles. The average molecular weight is 447 g/mol. The van der Waals surface area contributed by atoms with Crippen LogP contribution in [0.2, 0.25) is 0 Å². The molecule has 5 rings (SSSR count). The fraction of sp³-hybridized carbons (Fsp3) is 0.667. The third-order valence-corrected chi connectivity index (χ3v) is 7.06. The number of ether oxygens (including phenoxy) is 1. The van der Waals surface area contributed by atoms with Gasteiger partial charge >= 0.3 is 5.97 Å². The Bertz CT molecular complexity index is 946. The van der Waals surface area contributed by atoms with E-state index in [1.165, 1.54) is 18.4 Å². The van der Waals surface area contributed by atoms with Crippen molar-refractivity contribution in [2.45, 2.75) is 76.9 Å². The molecule has 6 nitrogen and oxygen atoms in total. The third kappa shape index (κ3) is 2.93. The number of halogens is 1. The first-order chi connectivity index (χ1) is 13.3. The van der Waals surface area contributed by atoms with E-state index in [1.807, 2.05) is 25.3 Å². The molecule has 2 aliphatic carbocycles. The molecule has 3 heterocycles. The van der Waals surface area contributed by atoms with Gasteiger partial charge in [0.25, 0.3) is 0 Å². The first-order valence-electron chi connectivity index (χ1n) is 10.3. The number of aromatic nitrogens is 3. The second-order valence-electron chi connectivity index (χ2n) is 9.66. The van der Waals surface area contributed by atoms with Gasteiger partial charge in [-0.25, -0.2) is 9.50 Å². The van der Waals surface area contributed by atoms with Crippen LogP contribution in [0.5, 0.6) is 0 Å². The van der Waals surface area contributed by atoms with Gasteiger partial charge in [-0.3, -0.25) is 4.79 Å². The number of piperidine rings is 1. The van der Waals surface area contributed by atoms with Crippen molar-refractivity contribution in [2.24, 2.45) is 5.41 Å². The molecule has 7 heteroatoms. The van der Waals surface area contributed by atoms with Crippen LogP contribution in [0.15, 0.2) is 17.0 Å². The minimum atomic E-state index is -0.433. The van der Waals surface area contributed by atoms with Gasteiger partial charge in [0.15, 0.2) is 5.82 Å². The Labute approximate surface area is 173 Å². The summed E-state index contributed by atoms with van der Waals surface area (Å²) >= 11 is 3.66. The SMILES string of the molecule is CC(C)(C)OC(=O)C12CCC(C1)N(c1ncnn3c(Br)cc(C4CC4)c13)CC2. The molecule has 2 atom stereocenters. The maximum atomic E-state index is 12.9. The molecule has 1 saturated heterocycles. The molecule has 2 unspecified atom stereocenters. The quantitative estimate of drug-likeness (QED) is 0.651. The molecular weight excluding hydrogens is 420 g/mol. The molecule has 1 aliphatic heterocycles. The Hall–Kier alpha value is -1.63. The van der Waals surface area contributed by atoms with Gasteiger partial charge in [0.05, 0.1) is 5.41 Å². The monoisotopic (exact) mass is 446 g/mol. The van der Waals surface area contributed by atoms with E-state index in [9.17, 15) is 4.79 Å². The highest BCUT2D eigenvalue weighted by Crippen LogP contribution is 2.51. The van der Waals surface area contributed by atoms with Crippen molar-refractivity contribution in [3.8, 4) is 0 Å². The molecule has 2 bridgehead atoms. The van der Waals surface area contributed by atoms with Gasteiger partial charge in [0.2, 0.25) is 0 Å². The number of carbonyl (C=O) groups excluding carboxylic acids is 1. The summed E-state index contributed by atoms with van der Waals surface area (Å²) in [6.07, 6.45) is 7.74. The molecule has 0 spiro atoms. The third-order valence-electron chi connectivity index (χ3n) is 6.50. The van der Waals surface area contributed by atoms with Crippen LogP contribution in [0.1, 0.15) is 70.8 Å². The van der Waals surface area contributed by atoms with E-state index in [0.29, 0.717) is 12.0 Å². The van der Waals surface area contributed by atoms with Gasteiger partial charge in [0.1, 0.15) is 22.0 Å². The van der Waals surface area contributed by atoms with Gasteiger partial charge < -0.3 is 9.64 Å². The molecule has 2 aromatic heterocycles. The Kier molecular flexibility index (Phi) is 4.06. The molecule has 28 heavy (non-hydrogen) atoms. The summed E-state index contributed by atoms with van der Waals surface area (Å²) in [4.78, 5) is 20.1. The summed E-state index contributed by atoms with van der Waals surface area (Å²) < 4.78 is 8.74. The van der Waals surface area contributed by atoms with Crippen LogP contribution in [-0.4, -0.2) is 38.8 Å². The smallest absolute Gasteiger partial charge is 0.312 e. The van der Waals surface area contributed by atoms with Crippen LogP contribution < -0.4 is 4.90 Å². The van der Waals surface area contributed by atoms with E-state index in [-0.39, 0.29) is 11.4 Å². The van der Waals surface area contributed by atoms with Crippen molar-refractivity contribution in [3.05, 3.63) is 22.6 Å². The normalized spacial score (nSPS) is 27.4. The van der Waals surface area contributed by atoms with Crippen LogP contribution in [0, 0.1) is 5.41 Å². The summed E-state index contributed by atoms with van der Waals surface area (Å²) in [6.45, 7) is 6.68. The van der Waals surface area contributed by atoms with Gasteiger partial charge in [-0.05, 0) is 92.8 Å². The van der Waals surface area contributed by atoms with Crippen LogP contribution >= 0.6 is 15.9 Å². The van der Waals surface area contributed by atoms with E-state index < -0.39 is 5.60 Å². The van der Waals surface area contributed by atoms with Crippen molar-refractivity contribution >= 4 is 33.2 Å². The Balaban J connectivity index is 1.47. The lowest BCUT2D eigenvalue weighted by Gasteiger charge is -2.40. The topological polar surface area (TPSA) is 59.7 Å². The molecule has 3 fully saturated rings. The van der Waals surface area contributed by atoms with Crippen molar-refractivity contribution in [2.75, 3.05) is 11.4 Å². The number of hydrogen-bond acceptors (Lipinski definition) is 5. The zero-order chi connectivity index (χ0) is 19.7. The van der Waals surface area contributed by atoms with Gasteiger partial charge in [-0.2, -0.15) is 5.10 Å². The maximum Gasteiger partial charge on any atom is 0.312 e. The van der Waals surface area contributed by atoms with Crippen molar-refractivity contribution < 1.29 is 9.53 Å². The number of nitrogens with zero attached hydrogens (tertiary/aromatic N) is 4. The zero-order valence-corrected chi connectivity index (χ0v) is 18.3. The lowest BCUT2D eigenvalue weighted by atomic mass is 9.80. The highest BCUT2D eigenvalue weighted by molar-refractivity contribution is 9.10. The molecule has 0 aromatic carbocycles. The first kappa shape index (κ1) is 18.4. The average Bonchev–Trinajstić information content (AvgIpc) is 3.35. The minimum Gasteiger partial charge on any atom is -0.460 e. The molecule has 0 amide bonds. The van der Waals surface area contributed by atoms with E-state index in [2.05, 4.69) is 32.0 Å². The Morgan fingerprint density at radius 2 is 2.07 bits per heavy atom. The number of anilines is 1. The van der Waals surface area contributed by atoms with Crippen LogP contribution in [0.25, 0.3) is 5.52 Å². The van der Waals surface area contributed by atoms with Crippen LogP contribution in [-0.2, 0) is 9.53 Å². The summed E-state index contributed by atoms with van der Waals surface area (Å²) in [7, 11) is 0. The predicted molar refractivity (Wildman–Crippen MR) is 111 cm³/mol. The maximum absolute atomic E-state index is 12.9. The van der Waals surface area contributed by atoms with Crippen molar-refractivity contribution in [1.82, 2.24) is 14.6 Å². The number of fused-ring (bicyclic) bond motifs is 3. The van der Waals surface area contributed by atoms with E-state index >= 15 is 0 Å². The summed E-state index contributed by atoms with van der Waals surface area (Å²) in [5.74, 6) is 1.63. The van der Waals surface area contributed by atoms with Crippen molar-refractivity contribution in [3.63, 3.8) is 0 Å². The van der Waals surface area contributed by atoms with Crippen LogP contribution in [0.4, 0.5) is 5.82 Å². The first-order valence-corrected chi connectivity index (χ1v) is 11.1. The van der Waals surface area contributed by atoms with E-state index in [0.717, 1.165) is 48.2 Å². The largest absolute Gasteiger partial charge is 0.460 e. The van der Waals surface area contributed by atoms with Gasteiger partial charge in [-0.1, -0.05) is 0 Å². The molecule has 150 valence electrons. The van der Waals surface area contributed by atoms with E-state index in [1.54, 1.807) is 6.33 Å². The van der Waals surface area contributed by atoms with Crippen LogP contribution in [0.3, 0.4) is 0 Å². The number of carbonyl (C=O) groups is 1. The highest BCUT2D eigenvalue weighted by atomic mass is 79.9. The van der Waals surface area contributed by atoms with Gasteiger partial charge in [0, 0.05) is 12.6 Å². The zero-order valence-electron chi connectivity index (χ0n) is 16.7. The standard InChI is InChI=1S/C21H27BrN4O2/c1-20(2,3)28-19(27)21-7-6-14(11-21)25(9-8-21)18-17-15(13-4-5-13)10-16(22)26(17)24-12-23-18/h10,12-14H,4-9,11H2,1-3H3. The fourth-order valence-electron chi connectivity index (χ4n) is 4.99. The second kappa shape index (κ2) is 6.18. The fourth-order valence-corrected chi connectivity index (χ4v) is 5.51. The molecular formula is C21H27BrN4O2. The molecule has 3 aliphatic rings. The van der Waals surface area contributed by atoms with E-state index in [4.69, 9.17) is 9.72 Å². The number of rotatable bonds is 3. The molecule has 2 aromatic rings. The Morgan fingerprint density at radius 1 is 1.29 bits per heavy atom. The number of esters is 1.